The lowest BCUT2D eigenvalue weighted by molar-refractivity contribution is -0.119. The standard InChI is InChI=1S/C19H18N2O3/c1-2-24-17-10-6-3-7-14(17)11-12-19(23)21-13-18(22)20-15-8-4-5-9-16(15)21/h3-12H,2,13H2,1H3,(H,20,22)/b12-11+. The maximum Gasteiger partial charge on any atom is 0.251 e. The largest absolute Gasteiger partial charge is 0.493 e. The van der Waals surface area contributed by atoms with Crippen LogP contribution >= 0.6 is 0 Å². The van der Waals surface area contributed by atoms with Crippen LogP contribution in [0.5, 0.6) is 5.75 Å². The first-order valence-electron chi connectivity index (χ1n) is 7.79. The summed E-state index contributed by atoms with van der Waals surface area (Å²) < 4.78 is 5.55. The lowest BCUT2D eigenvalue weighted by Gasteiger charge is -2.28. The van der Waals surface area contributed by atoms with Crippen molar-refractivity contribution in [1.82, 2.24) is 0 Å². The molecule has 0 saturated carbocycles. The summed E-state index contributed by atoms with van der Waals surface area (Å²) >= 11 is 0. The molecule has 3 rings (SSSR count). The van der Waals surface area contributed by atoms with Crippen LogP contribution in [0.25, 0.3) is 6.08 Å². The summed E-state index contributed by atoms with van der Waals surface area (Å²) in [5.74, 6) is 0.273. The number of nitrogens with one attached hydrogen (secondary N) is 1. The molecule has 2 amide bonds. The molecule has 0 aromatic heterocycles. The molecule has 5 nitrogen and oxygen atoms in total. The van der Waals surface area contributed by atoms with Gasteiger partial charge in [0.2, 0.25) is 5.91 Å². The van der Waals surface area contributed by atoms with Gasteiger partial charge in [0.25, 0.3) is 5.91 Å². The normalized spacial score (nSPS) is 13.5. The number of carbonyl (C=O) groups is 2. The quantitative estimate of drug-likeness (QED) is 0.880. The van der Waals surface area contributed by atoms with E-state index in [0.29, 0.717) is 18.0 Å². The lowest BCUT2D eigenvalue weighted by atomic mass is 10.1. The van der Waals surface area contributed by atoms with E-state index in [2.05, 4.69) is 5.32 Å². The summed E-state index contributed by atoms with van der Waals surface area (Å²) in [7, 11) is 0. The number of hydrogen-bond donors (Lipinski definition) is 1. The molecule has 2 aromatic rings. The number of anilines is 2. The van der Waals surface area contributed by atoms with E-state index in [1.807, 2.05) is 49.4 Å². The van der Waals surface area contributed by atoms with Crippen LogP contribution in [0.15, 0.2) is 54.6 Å². The van der Waals surface area contributed by atoms with E-state index in [1.54, 1.807) is 12.1 Å². The average Bonchev–Trinajstić information content (AvgIpc) is 2.60. The Labute approximate surface area is 140 Å². The van der Waals surface area contributed by atoms with Crippen molar-refractivity contribution in [2.24, 2.45) is 0 Å². The van der Waals surface area contributed by atoms with Crippen molar-refractivity contribution >= 4 is 29.3 Å². The number of carbonyl (C=O) groups excluding carboxylic acids is 2. The number of hydrogen-bond acceptors (Lipinski definition) is 3. The Morgan fingerprint density at radius 1 is 1.21 bits per heavy atom. The van der Waals surface area contributed by atoms with Gasteiger partial charge in [-0.2, -0.15) is 0 Å². The number of nitrogens with zero attached hydrogens (tertiary/aromatic N) is 1. The molecular formula is C19H18N2O3. The van der Waals surface area contributed by atoms with Gasteiger partial charge in [0.15, 0.2) is 0 Å². The zero-order valence-electron chi connectivity index (χ0n) is 13.4. The highest BCUT2D eigenvalue weighted by Gasteiger charge is 2.25. The summed E-state index contributed by atoms with van der Waals surface area (Å²) in [4.78, 5) is 25.8. The Morgan fingerprint density at radius 2 is 1.96 bits per heavy atom. The summed E-state index contributed by atoms with van der Waals surface area (Å²) in [6, 6.07) is 14.8. The molecule has 0 fully saturated rings. The first kappa shape index (κ1) is 15.8. The third-order valence-corrected chi connectivity index (χ3v) is 3.66. The van der Waals surface area contributed by atoms with E-state index in [4.69, 9.17) is 4.74 Å². The molecule has 1 heterocycles. The van der Waals surface area contributed by atoms with Crippen LogP contribution in [0.3, 0.4) is 0 Å². The second kappa shape index (κ2) is 7.00. The van der Waals surface area contributed by atoms with Crippen molar-refractivity contribution in [1.29, 1.82) is 0 Å². The fourth-order valence-corrected chi connectivity index (χ4v) is 2.59. The first-order valence-corrected chi connectivity index (χ1v) is 7.79. The number of fused-ring (bicyclic) bond motifs is 1. The number of rotatable bonds is 4. The number of ether oxygens (including phenoxy) is 1. The van der Waals surface area contributed by atoms with Crippen molar-refractivity contribution in [2.45, 2.75) is 6.92 Å². The minimum Gasteiger partial charge on any atom is -0.493 e. The molecule has 2 aromatic carbocycles. The molecule has 1 N–H and O–H groups in total. The molecule has 0 spiro atoms. The highest BCUT2D eigenvalue weighted by atomic mass is 16.5. The number of amides is 2. The smallest absolute Gasteiger partial charge is 0.251 e. The van der Waals surface area contributed by atoms with E-state index >= 15 is 0 Å². The second-order valence-electron chi connectivity index (χ2n) is 5.29. The Kier molecular flexibility index (Phi) is 4.61. The zero-order chi connectivity index (χ0) is 16.9. The SMILES string of the molecule is CCOc1ccccc1/C=C/C(=O)N1CC(=O)Nc2ccccc21. The summed E-state index contributed by atoms with van der Waals surface area (Å²) in [6.07, 6.45) is 3.18. The molecule has 1 aliphatic rings. The molecule has 24 heavy (non-hydrogen) atoms. The second-order valence-corrected chi connectivity index (χ2v) is 5.29. The van der Waals surface area contributed by atoms with Crippen molar-refractivity contribution in [3.05, 3.63) is 60.2 Å². The van der Waals surface area contributed by atoms with E-state index in [1.165, 1.54) is 11.0 Å². The van der Waals surface area contributed by atoms with Gasteiger partial charge in [-0.05, 0) is 31.2 Å². The van der Waals surface area contributed by atoms with Gasteiger partial charge < -0.3 is 10.1 Å². The molecule has 0 radical (unpaired) electrons. The van der Waals surface area contributed by atoms with Crippen LogP contribution < -0.4 is 15.0 Å². The molecule has 0 bridgehead atoms. The van der Waals surface area contributed by atoms with E-state index in [9.17, 15) is 9.59 Å². The Balaban J connectivity index is 1.84. The fraction of sp³-hybridized carbons (Fsp3) is 0.158. The van der Waals surface area contributed by atoms with E-state index in [0.717, 1.165) is 11.3 Å². The van der Waals surface area contributed by atoms with Gasteiger partial charge >= 0.3 is 0 Å². The van der Waals surface area contributed by atoms with Gasteiger partial charge in [0.1, 0.15) is 12.3 Å². The Bertz CT molecular complexity index is 799. The predicted octanol–water partition coefficient (Wildman–Crippen LogP) is 3.08. The van der Waals surface area contributed by atoms with Crippen LogP contribution in [-0.2, 0) is 9.59 Å². The first-order chi connectivity index (χ1) is 11.7. The molecule has 1 aliphatic heterocycles. The fourth-order valence-electron chi connectivity index (χ4n) is 2.59. The van der Waals surface area contributed by atoms with Gasteiger partial charge in [0.05, 0.1) is 18.0 Å². The van der Waals surface area contributed by atoms with Crippen molar-refractivity contribution < 1.29 is 14.3 Å². The summed E-state index contributed by atoms with van der Waals surface area (Å²) in [5.41, 5.74) is 2.16. The highest BCUT2D eigenvalue weighted by Crippen LogP contribution is 2.29. The molecule has 5 heteroatoms. The van der Waals surface area contributed by atoms with Gasteiger partial charge in [0, 0.05) is 11.6 Å². The maximum atomic E-state index is 12.6. The average molecular weight is 322 g/mol. The van der Waals surface area contributed by atoms with Crippen molar-refractivity contribution in [3.63, 3.8) is 0 Å². The topological polar surface area (TPSA) is 58.6 Å². The van der Waals surface area contributed by atoms with Crippen LogP contribution in [-0.4, -0.2) is 25.0 Å². The van der Waals surface area contributed by atoms with Crippen molar-refractivity contribution in [3.8, 4) is 5.75 Å². The van der Waals surface area contributed by atoms with E-state index < -0.39 is 0 Å². The third-order valence-electron chi connectivity index (χ3n) is 3.66. The third kappa shape index (κ3) is 3.30. The zero-order valence-corrected chi connectivity index (χ0v) is 13.4. The monoisotopic (exact) mass is 322 g/mol. The minimum absolute atomic E-state index is 0.00724. The maximum absolute atomic E-state index is 12.6. The van der Waals surface area contributed by atoms with Gasteiger partial charge in [-0.25, -0.2) is 0 Å². The Hall–Kier alpha value is -3.08. The molecule has 0 unspecified atom stereocenters. The van der Waals surface area contributed by atoms with Crippen LogP contribution in [0, 0.1) is 0 Å². The highest BCUT2D eigenvalue weighted by molar-refractivity contribution is 6.13. The van der Waals surface area contributed by atoms with Crippen LogP contribution in [0.2, 0.25) is 0 Å². The Morgan fingerprint density at radius 3 is 2.79 bits per heavy atom. The van der Waals surface area contributed by atoms with Gasteiger partial charge in [-0.3, -0.25) is 14.5 Å². The summed E-state index contributed by atoms with van der Waals surface area (Å²) in [6.45, 7) is 2.47. The lowest BCUT2D eigenvalue weighted by Crippen LogP contribution is -2.41. The van der Waals surface area contributed by atoms with E-state index in [-0.39, 0.29) is 18.4 Å². The van der Waals surface area contributed by atoms with Crippen molar-refractivity contribution in [2.75, 3.05) is 23.4 Å². The number of benzene rings is 2. The predicted molar refractivity (Wildman–Crippen MR) is 94.1 cm³/mol. The molecular weight excluding hydrogens is 304 g/mol. The van der Waals surface area contributed by atoms with Crippen LogP contribution in [0.1, 0.15) is 12.5 Å². The van der Waals surface area contributed by atoms with Gasteiger partial charge in [-0.15, -0.1) is 0 Å². The van der Waals surface area contributed by atoms with Crippen LogP contribution in [0.4, 0.5) is 11.4 Å². The molecule has 0 aliphatic carbocycles. The van der Waals surface area contributed by atoms with Gasteiger partial charge in [-0.1, -0.05) is 30.3 Å². The minimum atomic E-state index is -0.247. The number of para-hydroxylation sites is 3. The summed E-state index contributed by atoms with van der Waals surface area (Å²) in [5, 5.41) is 2.77. The molecule has 0 atom stereocenters. The molecule has 122 valence electrons. The molecule has 0 saturated heterocycles.